The summed E-state index contributed by atoms with van der Waals surface area (Å²) in [6, 6.07) is 11.4. The van der Waals surface area contributed by atoms with Gasteiger partial charge in [-0.3, -0.25) is 4.98 Å². The van der Waals surface area contributed by atoms with Crippen molar-refractivity contribution in [2.24, 2.45) is 0 Å². The van der Waals surface area contributed by atoms with Crippen LogP contribution < -0.4 is 5.32 Å². The molecule has 4 nitrogen and oxygen atoms in total. The monoisotopic (exact) mass is 358 g/mol. The van der Waals surface area contributed by atoms with Crippen molar-refractivity contribution in [3.8, 4) is 6.07 Å². The molecule has 0 atom stereocenters. The molecule has 0 saturated heterocycles. The van der Waals surface area contributed by atoms with Crippen LogP contribution in [0.2, 0.25) is 5.02 Å². The van der Waals surface area contributed by atoms with Crippen molar-refractivity contribution in [1.82, 2.24) is 9.97 Å². The van der Waals surface area contributed by atoms with Crippen LogP contribution in [0.4, 0.5) is 11.5 Å². The third-order valence-electron chi connectivity index (χ3n) is 2.94. The minimum absolute atomic E-state index is 0.300. The van der Waals surface area contributed by atoms with E-state index in [0.29, 0.717) is 16.4 Å². The molecule has 1 aromatic carbocycles. The highest BCUT2D eigenvalue weighted by molar-refractivity contribution is 9.10. The molecular formula is C15H8BrClN4. The van der Waals surface area contributed by atoms with Gasteiger partial charge in [-0.05, 0) is 34.1 Å². The molecular weight excluding hydrogens is 352 g/mol. The molecule has 0 aliphatic carbocycles. The zero-order valence-electron chi connectivity index (χ0n) is 10.6. The number of aromatic nitrogens is 2. The fraction of sp³-hybridized carbons (Fsp3) is 0. The first kappa shape index (κ1) is 13.8. The Kier molecular flexibility index (Phi) is 3.74. The van der Waals surface area contributed by atoms with Crippen LogP contribution in [-0.2, 0) is 0 Å². The second-order valence-electron chi connectivity index (χ2n) is 4.29. The zero-order valence-corrected chi connectivity index (χ0v) is 13.0. The summed E-state index contributed by atoms with van der Waals surface area (Å²) in [6.07, 6.45) is 3.27. The van der Waals surface area contributed by atoms with Crippen LogP contribution in [-0.4, -0.2) is 9.97 Å². The fourth-order valence-electron chi connectivity index (χ4n) is 1.98. The molecule has 6 heteroatoms. The lowest BCUT2D eigenvalue weighted by molar-refractivity contribution is 1.29. The number of halogens is 2. The summed E-state index contributed by atoms with van der Waals surface area (Å²) in [6.45, 7) is 0. The van der Waals surface area contributed by atoms with Crippen LogP contribution in [0.3, 0.4) is 0 Å². The van der Waals surface area contributed by atoms with Crippen molar-refractivity contribution in [3.63, 3.8) is 0 Å². The van der Waals surface area contributed by atoms with Crippen LogP contribution in [0.25, 0.3) is 10.9 Å². The molecule has 2 aromatic heterocycles. The summed E-state index contributed by atoms with van der Waals surface area (Å²) in [5, 5.41) is 13.4. The standard InChI is InChI=1S/C15H8BrClN4/c16-11-6-9-2-1-3-12(14(9)20-8-11)21-15-13(17)10(7-18)4-5-19-15/h1-6,8H,(H,19,21). The van der Waals surface area contributed by atoms with Gasteiger partial charge in [0.15, 0.2) is 5.82 Å². The van der Waals surface area contributed by atoms with Crippen LogP contribution in [0.15, 0.2) is 47.2 Å². The maximum Gasteiger partial charge on any atom is 0.150 e. The number of para-hydroxylation sites is 1. The predicted molar refractivity (Wildman–Crippen MR) is 86.7 cm³/mol. The van der Waals surface area contributed by atoms with E-state index < -0.39 is 0 Å². The highest BCUT2D eigenvalue weighted by Crippen LogP contribution is 2.30. The Bertz CT molecular complexity index is 873. The van der Waals surface area contributed by atoms with Crippen molar-refractivity contribution in [2.75, 3.05) is 5.32 Å². The van der Waals surface area contributed by atoms with E-state index in [1.807, 2.05) is 30.3 Å². The fourth-order valence-corrected chi connectivity index (χ4v) is 2.53. The average Bonchev–Trinajstić information content (AvgIpc) is 2.49. The summed E-state index contributed by atoms with van der Waals surface area (Å²) < 4.78 is 0.912. The Morgan fingerprint density at radius 3 is 2.90 bits per heavy atom. The molecule has 1 N–H and O–H groups in total. The summed E-state index contributed by atoms with van der Waals surface area (Å²) in [5.74, 6) is 0.438. The van der Waals surface area contributed by atoms with Crippen molar-refractivity contribution in [1.29, 1.82) is 5.26 Å². The molecule has 2 heterocycles. The average molecular weight is 360 g/mol. The molecule has 0 fully saturated rings. The SMILES string of the molecule is N#Cc1ccnc(Nc2cccc3cc(Br)cnc23)c1Cl. The Balaban J connectivity index is 2.09. The van der Waals surface area contributed by atoms with E-state index in [4.69, 9.17) is 16.9 Å². The number of hydrogen-bond acceptors (Lipinski definition) is 4. The van der Waals surface area contributed by atoms with Gasteiger partial charge in [0.2, 0.25) is 0 Å². The first-order valence-electron chi connectivity index (χ1n) is 6.05. The summed E-state index contributed by atoms with van der Waals surface area (Å²) in [5.41, 5.74) is 1.97. The third-order valence-corrected chi connectivity index (χ3v) is 3.76. The third kappa shape index (κ3) is 2.68. The number of nitrogens with one attached hydrogen (secondary N) is 1. The number of nitriles is 1. The van der Waals surface area contributed by atoms with Gasteiger partial charge < -0.3 is 5.32 Å². The largest absolute Gasteiger partial charge is 0.337 e. The van der Waals surface area contributed by atoms with E-state index in [1.54, 1.807) is 18.5 Å². The lowest BCUT2D eigenvalue weighted by atomic mass is 10.2. The molecule has 3 rings (SSSR count). The highest BCUT2D eigenvalue weighted by Gasteiger charge is 2.09. The molecule has 3 aromatic rings. The van der Waals surface area contributed by atoms with E-state index in [1.165, 1.54) is 0 Å². The number of anilines is 2. The van der Waals surface area contributed by atoms with Gasteiger partial charge in [-0.15, -0.1) is 0 Å². The molecule has 0 spiro atoms. The first-order chi connectivity index (χ1) is 10.2. The van der Waals surface area contributed by atoms with E-state index in [9.17, 15) is 0 Å². The van der Waals surface area contributed by atoms with Gasteiger partial charge >= 0.3 is 0 Å². The molecule has 0 radical (unpaired) electrons. The number of benzene rings is 1. The van der Waals surface area contributed by atoms with E-state index in [2.05, 4.69) is 31.2 Å². The predicted octanol–water partition coefficient (Wildman–Crippen LogP) is 4.66. The Morgan fingerprint density at radius 1 is 1.24 bits per heavy atom. The lowest BCUT2D eigenvalue weighted by Gasteiger charge is -2.10. The van der Waals surface area contributed by atoms with Gasteiger partial charge in [0.1, 0.15) is 11.1 Å². The lowest BCUT2D eigenvalue weighted by Crippen LogP contribution is -1.97. The number of nitrogens with zero attached hydrogens (tertiary/aromatic N) is 3. The zero-order chi connectivity index (χ0) is 14.8. The van der Waals surface area contributed by atoms with Crippen LogP contribution in [0.5, 0.6) is 0 Å². The van der Waals surface area contributed by atoms with Crippen molar-refractivity contribution >= 4 is 49.9 Å². The smallest absolute Gasteiger partial charge is 0.150 e. The Labute approximate surface area is 134 Å². The Hall–Kier alpha value is -2.16. The molecule has 102 valence electrons. The maximum absolute atomic E-state index is 9.00. The number of pyridine rings is 2. The van der Waals surface area contributed by atoms with Crippen LogP contribution in [0, 0.1) is 11.3 Å². The minimum atomic E-state index is 0.300. The summed E-state index contributed by atoms with van der Waals surface area (Å²) >= 11 is 9.56. The van der Waals surface area contributed by atoms with Gasteiger partial charge in [0, 0.05) is 22.3 Å². The van der Waals surface area contributed by atoms with Crippen molar-refractivity contribution in [2.45, 2.75) is 0 Å². The minimum Gasteiger partial charge on any atom is -0.337 e. The topological polar surface area (TPSA) is 61.6 Å². The summed E-state index contributed by atoms with van der Waals surface area (Å²) in [4.78, 5) is 8.58. The summed E-state index contributed by atoms with van der Waals surface area (Å²) in [7, 11) is 0. The molecule has 21 heavy (non-hydrogen) atoms. The second-order valence-corrected chi connectivity index (χ2v) is 5.58. The van der Waals surface area contributed by atoms with Crippen molar-refractivity contribution < 1.29 is 0 Å². The number of fused-ring (bicyclic) bond motifs is 1. The van der Waals surface area contributed by atoms with Gasteiger partial charge in [0.25, 0.3) is 0 Å². The van der Waals surface area contributed by atoms with Gasteiger partial charge in [-0.2, -0.15) is 5.26 Å². The maximum atomic E-state index is 9.00. The van der Waals surface area contributed by atoms with Crippen molar-refractivity contribution in [3.05, 3.63) is 57.8 Å². The second kappa shape index (κ2) is 5.68. The van der Waals surface area contributed by atoms with Gasteiger partial charge in [-0.1, -0.05) is 23.7 Å². The molecule has 0 aliphatic heterocycles. The first-order valence-corrected chi connectivity index (χ1v) is 7.22. The Morgan fingerprint density at radius 2 is 2.10 bits per heavy atom. The molecule has 0 bridgehead atoms. The van der Waals surface area contributed by atoms with Gasteiger partial charge in [0.05, 0.1) is 16.8 Å². The molecule has 0 unspecified atom stereocenters. The molecule has 0 aliphatic rings. The van der Waals surface area contributed by atoms with Crippen LogP contribution in [0.1, 0.15) is 5.56 Å². The number of hydrogen-bond donors (Lipinski definition) is 1. The normalized spacial score (nSPS) is 10.3. The molecule has 0 amide bonds. The van der Waals surface area contributed by atoms with Gasteiger partial charge in [-0.25, -0.2) is 4.98 Å². The highest BCUT2D eigenvalue weighted by atomic mass is 79.9. The van der Waals surface area contributed by atoms with Crippen LogP contribution >= 0.6 is 27.5 Å². The number of rotatable bonds is 2. The van der Waals surface area contributed by atoms with E-state index >= 15 is 0 Å². The van der Waals surface area contributed by atoms with E-state index in [0.717, 1.165) is 21.1 Å². The molecule has 0 saturated carbocycles. The quantitative estimate of drug-likeness (QED) is 0.723. The van der Waals surface area contributed by atoms with E-state index in [-0.39, 0.29) is 0 Å².